The largest absolute Gasteiger partial charge is 0.480 e. The van der Waals surface area contributed by atoms with Crippen molar-refractivity contribution in [2.45, 2.75) is 38.2 Å². The Kier molecular flexibility index (Phi) is 5.43. The number of rotatable bonds is 3. The smallest absolute Gasteiger partial charge is 0.263 e. The van der Waals surface area contributed by atoms with Gasteiger partial charge in [-0.25, -0.2) is 9.97 Å². The van der Waals surface area contributed by atoms with E-state index in [1.54, 1.807) is 6.33 Å². The van der Waals surface area contributed by atoms with Crippen LogP contribution in [-0.4, -0.2) is 66.1 Å². The van der Waals surface area contributed by atoms with Gasteiger partial charge >= 0.3 is 0 Å². The minimum absolute atomic E-state index is 0.112. The molecule has 2 aromatic rings. The van der Waals surface area contributed by atoms with E-state index in [1.165, 1.54) is 24.8 Å². The van der Waals surface area contributed by atoms with Crippen LogP contribution in [0.2, 0.25) is 0 Å². The fourth-order valence-corrected chi connectivity index (χ4v) is 4.66. The van der Waals surface area contributed by atoms with E-state index in [2.05, 4.69) is 31.9 Å². The third-order valence-electron chi connectivity index (χ3n) is 6.43. The number of aryl methyl sites for hydroxylation is 1. The Hall–Kier alpha value is -2.83. The number of hydrogen-bond acceptors (Lipinski definition) is 6. The van der Waals surface area contributed by atoms with Crippen molar-refractivity contribution in [1.29, 1.82) is 0 Å². The lowest BCUT2D eigenvalue weighted by molar-refractivity contribution is -0.139. The van der Waals surface area contributed by atoms with Crippen molar-refractivity contribution in [1.82, 2.24) is 14.9 Å². The third-order valence-corrected chi connectivity index (χ3v) is 6.43. The van der Waals surface area contributed by atoms with Crippen molar-refractivity contribution in [3.05, 3.63) is 42.2 Å². The molecule has 1 unspecified atom stereocenters. The van der Waals surface area contributed by atoms with Crippen molar-refractivity contribution < 1.29 is 9.53 Å². The fraction of sp³-hybridized carbons (Fsp3) is 0.522. The number of nitrogens with zero attached hydrogens (tertiary/aromatic N) is 5. The Morgan fingerprint density at radius 2 is 1.60 bits per heavy atom. The van der Waals surface area contributed by atoms with Crippen LogP contribution in [0, 0.1) is 0 Å². The average Bonchev–Trinajstić information content (AvgIpc) is 2.84. The van der Waals surface area contributed by atoms with E-state index in [0.717, 1.165) is 56.4 Å². The van der Waals surface area contributed by atoms with Crippen molar-refractivity contribution in [2.75, 3.05) is 49.1 Å². The molecule has 3 aliphatic heterocycles. The monoisotopic (exact) mass is 407 g/mol. The van der Waals surface area contributed by atoms with Gasteiger partial charge in [-0.3, -0.25) is 4.79 Å². The molecule has 1 aromatic carbocycles. The summed E-state index contributed by atoms with van der Waals surface area (Å²) in [6.07, 6.45) is 6.72. The van der Waals surface area contributed by atoms with Crippen molar-refractivity contribution in [3.63, 3.8) is 0 Å². The molecule has 0 N–H and O–H groups in total. The predicted molar refractivity (Wildman–Crippen MR) is 116 cm³/mol. The highest BCUT2D eigenvalue weighted by atomic mass is 16.5. The minimum atomic E-state index is -0.365. The first-order chi connectivity index (χ1) is 14.8. The van der Waals surface area contributed by atoms with Gasteiger partial charge in [0.25, 0.3) is 5.91 Å². The van der Waals surface area contributed by atoms with Crippen LogP contribution < -0.4 is 14.5 Å². The summed E-state index contributed by atoms with van der Waals surface area (Å²) in [4.78, 5) is 28.6. The van der Waals surface area contributed by atoms with E-state index in [1.807, 2.05) is 23.1 Å². The molecule has 0 bridgehead atoms. The molecule has 0 aliphatic carbocycles. The summed E-state index contributed by atoms with van der Waals surface area (Å²) in [5.74, 6) is 2.95. The molecule has 7 nitrogen and oxygen atoms in total. The second kappa shape index (κ2) is 8.50. The van der Waals surface area contributed by atoms with E-state index in [9.17, 15) is 4.79 Å². The maximum absolute atomic E-state index is 13.0. The van der Waals surface area contributed by atoms with Crippen LogP contribution in [0.5, 0.6) is 5.75 Å². The molecule has 0 spiro atoms. The van der Waals surface area contributed by atoms with E-state index in [-0.39, 0.29) is 12.0 Å². The molecule has 30 heavy (non-hydrogen) atoms. The van der Waals surface area contributed by atoms with Crippen LogP contribution >= 0.6 is 0 Å². The highest BCUT2D eigenvalue weighted by molar-refractivity contribution is 5.82. The standard InChI is InChI=1S/C23H29N5O2/c29-23(20-9-8-18-6-2-3-7-19(18)30-20)28-14-12-27(13-15-28)22-16-21(24-17-25-22)26-10-4-1-5-11-26/h2-3,6-7,16-17,20H,1,4-5,8-15H2. The molecule has 1 amide bonds. The van der Waals surface area contributed by atoms with Crippen molar-refractivity contribution >= 4 is 17.5 Å². The van der Waals surface area contributed by atoms with Gasteiger partial charge in [0.05, 0.1) is 0 Å². The van der Waals surface area contributed by atoms with E-state index >= 15 is 0 Å². The van der Waals surface area contributed by atoms with Gasteiger partial charge < -0.3 is 19.4 Å². The fourth-order valence-electron chi connectivity index (χ4n) is 4.66. The van der Waals surface area contributed by atoms with E-state index in [0.29, 0.717) is 13.1 Å². The zero-order chi connectivity index (χ0) is 20.3. The van der Waals surface area contributed by atoms with Gasteiger partial charge in [0.1, 0.15) is 23.7 Å². The lowest BCUT2D eigenvalue weighted by Gasteiger charge is -2.38. The Bertz CT molecular complexity index is 891. The number of piperazine rings is 1. The number of fused-ring (bicyclic) bond motifs is 1. The Labute approximate surface area is 177 Å². The lowest BCUT2D eigenvalue weighted by atomic mass is 10.0. The van der Waals surface area contributed by atoms with Crippen LogP contribution in [0.25, 0.3) is 0 Å². The van der Waals surface area contributed by atoms with Crippen molar-refractivity contribution in [2.24, 2.45) is 0 Å². The number of amides is 1. The number of anilines is 2. The first kappa shape index (κ1) is 19.2. The topological polar surface area (TPSA) is 61.8 Å². The zero-order valence-corrected chi connectivity index (χ0v) is 17.4. The second-order valence-corrected chi connectivity index (χ2v) is 8.35. The first-order valence-electron chi connectivity index (χ1n) is 11.1. The van der Waals surface area contributed by atoms with Gasteiger partial charge in [-0.15, -0.1) is 0 Å². The first-order valence-corrected chi connectivity index (χ1v) is 11.1. The number of carbonyl (C=O) groups excluding carboxylic acids is 1. The lowest BCUT2D eigenvalue weighted by Crippen LogP contribution is -2.53. The van der Waals surface area contributed by atoms with Gasteiger partial charge in [-0.05, 0) is 43.7 Å². The minimum Gasteiger partial charge on any atom is -0.480 e. The third kappa shape index (κ3) is 3.93. The molecular formula is C23H29N5O2. The highest BCUT2D eigenvalue weighted by Crippen LogP contribution is 2.28. The summed E-state index contributed by atoms with van der Waals surface area (Å²) in [6, 6.07) is 10.1. The number of para-hydroxylation sites is 1. The van der Waals surface area contributed by atoms with Crippen LogP contribution in [0.3, 0.4) is 0 Å². The van der Waals surface area contributed by atoms with Crippen LogP contribution in [0.4, 0.5) is 11.6 Å². The molecule has 0 saturated carbocycles. The van der Waals surface area contributed by atoms with Gasteiger partial charge in [0.15, 0.2) is 6.10 Å². The summed E-state index contributed by atoms with van der Waals surface area (Å²) in [5, 5.41) is 0. The zero-order valence-electron chi connectivity index (χ0n) is 17.4. The van der Waals surface area contributed by atoms with Crippen LogP contribution in [0.1, 0.15) is 31.2 Å². The Balaban J connectivity index is 1.19. The number of benzene rings is 1. The van der Waals surface area contributed by atoms with Crippen molar-refractivity contribution in [3.8, 4) is 5.75 Å². The predicted octanol–water partition coefficient (Wildman–Crippen LogP) is 2.51. The molecule has 3 aliphatic rings. The van der Waals surface area contributed by atoms with Crippen LogP contribution in [0.15, 0.2) is 36.7 Å². The Morgan fingerprint density at radius 3 is 2.37 bits per heavy atom. The van der Waals surface area contributed by atoms with E-state index in [4.69, 9.17) is 4.74 Å². The summed E-state index contributed by atoms with van der Waals surface area (Å²) in [6.45, 7) is 5.11. The number of piperidine rings is 1. The molecule has 2 saturated heterocycles. The van der Waals surface area contributed by atoms with Gasteiger partial charge in [0, 0.05) is 45.3 Å². The number of hydrogen-bond donors (Lipinski definition) is 0. The van der Waals surface area contributed by atoms with Crippen LogP contribution in [-0.2, 0) is 11.2 Å². The average molecular weight is 408 g/mol. The SMILES string of the molecule is O=C(C1CCc2ccccc2O1)N1CCN(c2cc(N3CCCCC3)ncn2)CC1. The molecular weight excluding hydrogens is 378 g/mol. The number of carbonyl (C=O) groups is 1. The summed E-state index contributed by atoms with van der Waals surface area (Å²) < 4.78 is 6.01. The normalized spacial score (nSPS) is 21.7. The Morgan fingerprint density at radius 1 is 0.900 bits per heavy atom. The molecule has 158 valence electrons. The molecule has 1 aromatic heterocycles. The maximum Gasteiger partial charge on any atom is 0.263 e. The second-order valence-electron chi connectivity index (χ2n) is 8.35. The van der Waals surface area contributed by atoms with E-state index < -0.39 is 0 Å². The number of ether oxygens (including phenoxy) is 1. The van der Waals surface area contributed by atoms with Gasteiger partial charge in [-0.1, -0.05) is 18.2 Å². The number of aromatic nitrogens is 2. The molecule has 5 rings (SSSR count). The molecule has 1 atom stereocenters. The molecule has 4 heterocycles. The van der Waals surface area contributed by atoms with Gasteiger partial charge in [0.2, 0.25) is 0 Å². The summed E-state index contributed by atoms with van der Waals surface area (Å²) >= 11 is 0. The quantitative estimate of drug-likeness (QED) is 0.779. The highest BCUT2D eigenvalue weighted by Gasteiger charge is 2.32. The maximum atomic E-state index is 13.0. The molecule has 0 radical (unpaired) electrons. The molecule has 7 heteroatoms. The summed E-state index contributed by atoms with van der Waals surface area (Å²) in [7, 11) is 0. The summed E-state index contributed by atoms with van der Waals surface area (Å²) in [5.41, 5.74) is 1.19. The van der Waals surface area contributed by atoms with Gasteiger partial charge in [-0.2, -0.15) is 0 Å². The molecule has 2 fully saturated rings.